The first-order valence-corrected chi connectivity index (χ1v) is 5.60. The first kappa shape index (κ1) is 11.5. The molecule has 8 heteroatoms. The molecule has 0 saturated carbocycles. The second kappa shape index (κ2) is 4.50. The van der Waals surface area contributed by atoms with Crippen molar-refractivity contribution < 1.29 is 0 Å². The van der Waals surface area contributed by atoms with Gasteiger partial charge in [0.25, 0.3) is 0 Å². The quantitative estimate of drug-likeness (QED) is 0.600. The number of rotatable bonds is 3. The zero-order valence-electron chi connectivity index (χ0n) is 9.38. The Morgan fingerprint density at radius 2 is 2.06 bits per heavy atom. The number of nitrogen functional groups attached to an aromatic ring is 1. The molecule has 0 aliphatic heterocycles. The van der Waals surface area contributed by atoms with Crippen LogP contribution >= 0.6 is 11.8 Å². The van der Waals surface area contributed by atoms with Crippen molar-refractivity contribution in [3.05, 3.63) is 23.9 Å². The van der Waals surface area contributed by atoms with E-state index in [2.05, 4.69) is 20.2 Å². The number of amidine groups is 1. The van der Waals surface area contributed by atoms with Crippen molar-refractivity contribution in [1.82, 2.24) is 24.7 Å². The molecule has 0 radical (unpaired) electrons. The van der Waals surface area contributed by atoms with Gasteiger partial charge in [-0.25, -0.2) is 9.97 Å². The largest absolute Gasteiger partial charge is 0.382 e. The van der Waals surface area contributed by atoms with Crippen LogP contribution in [-0.2, 0) is 7.05 Å². The van der Waals surface area contributed by atoms with Gasteiger partial charge in [-0.15, -0.1) is 10.2 Å². The first-order chi connectivity index (χ1) is 8.09. The molecule has 0 saturated heterocycles. The highest BCUT2D eigenvalue weighted by atomic mass is 32.2. The number of nitrogens with one attached hydrogen (secondary N) is 1. The van der Waals surface area contributed by atoms with E-state index in [-0.39, 0.29) is 5.84 Å². The summed E-state index contributed by atoms with van der Waals surface area (Å²) in [5, 5.41) is 16.6. The monoisotopic (exact) mass is 249 g/mol. The third-order valence-corrected chi connectivity index (χ3v) is 3.19. The predicted octanol–water partition coefficient (Wildman–Crippen LogP) is 0.349. The van der Waals surface area contributed by atoms with Gasteiger partial charge in [0.05, 0.1) is 0 Å². The molecule has 88 valence electrons. The van der Waals surface area contributed by atoms with Crippen LogP contribution in [0.4, 0.5) is 0 Å². The minimum atomic E-state index is -0.112. The van der Waals surface area contributed by atoms with Crippen molar-refractivity contribution in [2.45, 2.75) is 17.1 Å². The summed E-state index contributed by atoms with van der Waals surface area (Å²) in [6.07, 6.45) is 3.06. The van der Waals surface area contributed by atoms with Gasteiger partial charge in [0.2, 0.25) is 0 Å². The summed E-state index contributed by atoms with van der Waals surface area (Å²) in [5.74, 6) is 0.695. The number of aryl methyl sites for hydroxylation is 1. The van der Waals surface area contributed by atoms with E-state index in [0.717, 1.165) is 5.82 Å². The summed E-state index contributed by atoms with van der Waals surface area (Å²) in [4.78, 5) is 8.16. The van der Waals surface area contributed by atoms with Crippen LogP contribution in [0.1, 0.15) is 11.5 Å². The van der Waals surface area contributed by atoms with Crippen molar-refractivity contribution >= 4 is 17.6 Å². The van der Waals surface area contributed by atoms with E-state index < -0.39 is 0 Å². The maximum Gasteiger partial charge on any atom is 0.197 e. The summed E-state index contributed by atoms with van der Waals surface area (Å²) < 4.78 is 1.84. The van der Waals surface area contributed by atoms with Crippen LogP contribution < -0.4 is 5.73 Å². The Balaban J connectivity index is 2.36. The molecule has 0 aromatic carbocycles. The molecule has 0 aliphatic carbocycles. The van der Waals surface area contributed by atoms with E-state index in [1.54, 1.807) is 6.20 Å². The van der Waals surface area contributed by atoms with Crippen LogP contribution in [0.25, 0.3) is 0 Å². The number of nitrogens with two attached hydrogens (primary N) is 1. The van der Waals surface area contributed by atoms with E-state index in [1.807, 2.05) is 18.5 Å². The van der Waals surface area contributed by atoms with Gasteiger partial charge < -0.3 is 10.3 Å². The molecule has 2 aromatic heterocycles. The van der Waals surface area contributed by atoms with Gasteiger partial charge in [0, 0.05) is 19.4 Å². The van der Waals surface area contributed by atoms with Crippen LogP contribution in [0.3, 0.4) is 0 Å². The number of hydrogen-bond donors (Lipinski definition) is 2. The molecule has 0 aliphatic rings. The zero-order valence-corrected chi connectivity index (χ0v) is 10.2. The van der Waals surface area contributed by atoms with Gasteiger partial charge in [-0.3, -0.25) is 5.41 Å². The molecular formula is C9H11N7S. The standard InChI is InChI=1S/C9H11N7S/c1-5-14-15-9(16(5)2)17-8-6(7(10)11)12-3-4-13-8/h3-4H,1-2H3,(H3,10,11). The fourth-order valence-electron chi connectivity index (χ4n) is 1.15. The van der Waals surface area contributed by atoms with Crippen molar-refractivity contribution in [3.63, 3.8) is 0 Å². The van der Waals surface area contributed by atoms with Crippen LogP contribution in [0, 0.1) is 12.3 Å². The maximum atomic E-state index is 7.42. The van der Waals surface area contributed by atoms with E-state index >= 15 is 0 Å². The summed E-state index contributed by atoms with van der Waals surface area (Å²) in [7, 11) is 1.86. The average Bonchev–Trinajstić information content (AvgIpc) is 2.61. The highest BCUT2D eigenvalue weighted by Crippen LogP contribution is 2.25. The van der Waals surface area contributed by atoms with Crippen LogP contribution in [0.2, 0.25) is 0 Å². The molecule has 0 fully saturated rings. The minimum Gasteiger partial charge on any atom is -0.382 e. The van der Waals surface area contributed by atoms with E-state index in [1.165, 1.54) is 18.0 Å². The number of hydrogen-bond acceptors (Lipinski definition) is 6. The molecule has 0 unspecified atom stereocenters. The van der Waals surface area contributed by atoms with Crippen molar-refractivity contribution in [1.29, 1.82) is 5.41 Å². The molecule has 2 rings (SSSR count). The molecule has 0 atom stereocenters. The molecular weight excluding hydrogens is 238 g/mol. The zero-order chi connectivity index (χ0) is 12.4. The predicted molar refractivity (Wildman–Crippen MR) is 62.9 cm³/mol. The Hall–Kier alpha value is -1.96. The summed E-state index contributed by atoms with van der Waals surface area (Å²) in [6.45, 7) is 1.86. The molecule has 2 aromatic rings. The molecule has 17 heavy (non-hydrogen) atoms. The molecule has 3 N–H and O–H groups in total. The number of nitrogens with zero attached hydrogens (tertiary/aromatic N) is 5. The van der Waals surface area contributed by atoms with Gasteiger partial charge in [-0.1, -0.05) is 0 Å². The van der Waals surface area contributed by atoms with Gasteiger partial charge in [0.15, 0.2) is 5.16 Å². The fourth-order valence-corrected chi connectivity index (χ4v) is 2.04. The highest BCUT2D eigenvalue weighted by Gasteiger charge is 2.13. The lowest BCUT2D eigenvalue weighted by Gasteiger charge is -2.04. The van der Waals surface area contributed by atoms with Crippen molar-refractivity contribution in [3.8, 4) is 0 Å². The molecule has 0 amide bonds. The Kier molecular flexibility index (Phi) is 3.05. The van der Waals surface area contributed by atoms with Crippen molar-refractivity contribution in [2.75, 3.05) is 0 Å². The highest BCUT2D eigenvalue weighted by molar-refractivity contribution is 7.99. The average molecular weight is 249 g/mol. The third kappa shape index (κ3) is 2.26. The minimum absolute atomic E-state index is 0.112. The second-order valence-corrected chi connectivity index (χ2v) is 4.27. The Labute approximate surface area is 102 Å². The lowest BCUT2D eigenvalue weighted by atomic mass is 10.4. The first-order valence-electron chi connectivity index (χ1n) is 4.79. The van der Waals surface area contributed by atoms with Gasteiger partial charge in [-0.05, 0) is 18.7 Å². The van der Waals surface area contributed by atoms with Crippen LogP contribution in [-0.4, -0.2) is 30.6 Å². The summed E-state index contributed by atoms with van der Waals surface area (Å²) in [6, 6.07) is 0. The Morgan fingerprint density at radius 1 is 1.35 bits per heavy atom. The third-order valence-electron chi connectivity index (χ3n) is 2.16. The molecule has 0 bridgehead atoms. The van der Waals surface area contributed by atoms with E-state index in [0.29, 0.717) is 15.9 Å². The van der Waals surface area contributed by atoms with E-state index in [9.17, 15) is 0 Å². The molecule has 0 spiro atoms. The smallest absolute Gasteiger partial charge is 0.197 e. The lowest BCUT2D eigenvalue weighted by Crippen LogP contribution is -2.15. The van der Waals surface area contributed by atoms with Crippen LogP contribution in [0.5, 0.6) is 0 Å². The van der Waals surface area contributed by atoms with Gasteiger partial charge >= 0.3 is 0 Å². The van der Waals surface area contributed by atoms with Crippen molar-refractivity contribution in [2.24, 2.45) is 12.8 Å². The Bertz CT molecular complexity index is 562. The number of aromatic nitrogens is 5. The molecule has 7 nitrogen and oxygen atoms in total. The maximum absolute atomic E-state index is 7.42. The topological polar surface area (TPSA) is 106 Å². The lowest BCUT2D eigenvalue weighted by molar-refractivity contribution is 0.764. The fraction of sp³-hybridized carbons (Fsp3) is 0.222. The van der Waals surface area contributed by atoms with Gasteiger partial charge in [-0.2, -0.15) is 0 Å². The van der Waals surface area contributed by atoms with E-state index in [4.69, 9.17) is 11.1 Å². The summed E-state index contributed by atoms with van der Waals surface area (Å²) in [5.41, 5.74) is 5.80. The summed E-state index contributed by atoms with van der Waals surface area (Å²) >= 11 is 1.28. The SMILES string of the molecule is Cc1nnc(Sc2nccnc2C(=N)N)n1C. The van der Waals surface area contributed by atoms with Crippen LogP contribution in [0.15, 0.2) is 22.6 Å². The normalized spacial score (nSPS) is 10.5. The Morgan fingerprint density at radius 3 is 2.65 bits per heavy atom. The molecule has 2 heterocycles. The van der Waals surface area contributed by atoms with Gasteiger partial charge in [0.1, 0.15) is 22.4 Å². The second-order valence-electron chi connectivity index (χ2n) is 3.31.